The predicted molar refractivity (Wildman–Crippen MR) is 78.6 cm³/mol. The zero-order valence-corrected chi connectivity index (χ0v) is 12.4. The third kappa shape index (κ3) is 3.60. The average Bonchev–Trinajstić information content (AvgIpc) is 2.50. The molecule has 1 heterocycles. The van der Waals surface area contributed by atoms with Crippen molar-refractivity contribution in [3.8, 4) is 0 Å². The summed E-state index contributed by atoms with van der Waals surface area (Å²) in [6, 6.07) is 0. The van der Waals surface area contributed by atoms with Gasteiger partial charge in [0.2, 0.25) is 0 Å². The van der Waals surface area contributed by atoms with E-state index in [9.17, 15) is 0 Å². The van der Waals surface area contributed by atoms with Crippen LogP contribution in [0.15, 0.2) is 4.99 Å². The predicted octanol–water partition coefficient (Wildman–Crippen LogP) is 0.816. The molecule has 0 aromatic heterocycles. The fraction of sp³-hybridized carbons (Fsp3) is 0.929. The van der Waals surface area contributed by atoms with Gasteiger partial charge in [-0.05, 0) is 12.8 Å². The maximum absolute atomic E-state index is 5.51. The van der Waals surface area contributed by atoms with Crippen molar-refractivity contribution in [3.05, 3.63) is 0 Å². The third-order valence-electron chi connectivity index (χ3n) is 4.51. The topological polar surface area (TPSA) is 48.9 Å². The van der Waals surface area contributed by atoms with Gasteiger partial charge in [-0.25, -0.2) is 0 Å². The van der Waals surface area contributed by atoms with Gasteiger partial charge in [-0.3, -0.25) is 9.89 Å². The van der Waals surface area contributed by atoms with Crippen molar-refractivity contribution in [1.82, 2.24) is 15.5 Å². The zero-order valence-electron chi connectivity index (χ0n) is 12.4. The summed E-state index contributed by atoms with van der Waals surface area (Å²) in [6.45, 7) is 4.88. The van der Waals surface area contributed by atoms with E-state index in [1.54, 1.807) is 0 Å². The molecule has 19 heavy (non-hydrogen) atoms. The lowest BCUT2D eigenvalue weighted by molar-refractivity contribution is -0.0352. The first-order valence-corrected chi connectivity index (χ1v) is 7.52. The Morgan fingerprint density at radius 1 is 1.21 bits per heavy atom. The lowest BCUT2D eigenvalue weighted by atomic mass is 9.80. The van der Waals surface area contributed by atoms with Crippen molar-refractivity contribution in [3.63, 3.8) is 0 Å². The SMILES string of the molecule is CN=C(NC)NCC1(N2CCOCC2)CCCCC1. The van der Waals surface area contributed by atoms with E-state index in [0.717, 1.165) is 38.8 Å². The Balaban J connectivity index is 2.01. The summed E-state index contributed by atoms with van der Waals surface area (Å²) < 4.78 is 5.51. The summed E-state index contributed by atoms with van der Waals surface area (Å²) >= 11 is 0. The van der Waals surface area contributed by atoms with E-state index >= 15 is 0 Å². The zero-order chi connectivity index (χ0) is 13.6. The summed E-state index contributed by atoms with van der Waals surface area (Å²) in [4.78, 5) is 6.86. The number of nitrogens with zero attached hydrogens (tertiary/aromatic N) is 2. The van der Waals surface area contributed by atoms with Crippen LogP contribution < -0.4 is 10.6 Å². The number of aliphatic imine (C=N–C) groups is 1. The number of rotatable bonds is 3. The second kappa shape index (κ2) is 7.10. The van der Waals surface area contributed by atoms with Gasteiger partial charge >= 0.3 is 0 Å². The highest BCUT2D eigenvalue weighted by Crippen LogP contribution is 2.33. The average molecular weight is 268 g/mol. The molecule has 1 saturated carbocycles. The van der Waals surface area contributed by atoms with E-state index in [1.165, 1.54) is 32.1 Å². The molecule has 5 heteroatoms. The largest absolute Gasteiger partial charge is 0.379 e. The molecule has 0 radical (unpaired) electrons. The van der Waals surface area contributed by atoms with E-state index in [-0.39, 0.29) is 0 Å². The number of hydrogen-bond donors (Lipinski definition) is 2. The summed E-state index contributed by atoms with van der Waals surface area (Å²) in [5, 5.41) is 6.59. The van der Waals surface area contributed by atoms with E-state index in [2.05, 4.69) is 20.5 Å². The van der Waals surface area contributed by atoms with Crippen LogP contribution in [0.25, 0.3) is 0 Å². The van der Waals surface area contributed by atoms with Gasteiger partial charge in [-0.2, -0.15) is 0 Å². The fourth-order valence-electron chi connectivity index (χ4n) is 3.38. The van der Waals surface area contributed by atoms with Crippen LogP contribution in [0, 0.1) is 0 Å². The second-order valence-corrected chi connectivity index (χ2v) is 5.56. The Bertz CT molecular complexity index is 294. The van der Waals surface area contributed by atoms with E-state index in [1.807, 2.05) is 14.1 Å². The van der Waals surface area contributed by atoms with Crippen LogP contribution in [0.1, 0.15) is 32.1 Å². The number of nitrogens with one attached hydrogen (secondary N) is 2. The normalized spacial score (nSPS) is 25.1. The smallest absolute Gasteiger partial charge is 0.190 e. The molecule has 2 aliphatic rings. The molecule has 0 aromatic carbocycles. The molecule has 5 nitrogen and oxygen atoms in total. The van der Waals surface area contributed by atoms with Crippen LogP contribution >= 0.6 is 0 Å². The monoisotopic (exact) mass is 268 g/mol. The molecule has 0 spiro atoms. The molecule has 2 fully saturated rings. The lowest BCUT2D eigenvalue weighted by Crippen LogP contribution is -2.60. The molecule has 1 saturated heterocycles. The summed E-state index contributed by atoms with van der Waals surface area (Å²) in [5.41, 5.74) is 0.300. The maximum atomic E-state index is 5.51. The summed E-state index contributed by atoms with van der Waals surface area (Å²) in [6.07, 6.45) is 6.66. The number of guanidine groups is 1. The molecular formula is C14H28N4O. The minimum atomic E-state index is 0.300. The molecule has 0 amide bonds. The van der Waals surface area contributed by atoms with Crippen molar-refractivity contribution in [2.45, 2.75) is 37.6 Å². The quantitative estimate of drug-likeness (QED) is 0.588. The molecular weight excluding hydrogens is 240 g/mol. The number of morpholine rings is 1. The third-order valence-corrected chi connectivity index (χ3v) is 4.51. The van der Waals surface area contributed by atoms with Crippen molar-refractivity contribution >= 4 is 5.96 Å². The number of hydrogen-bond acceptors (Lipinski definition) is 3. The summed E-state index contributed by atoms with van der Waals surface area (Å²) in [5.74, 6) is 0.887. The van der Waals surface area contributed by atoms with Gasteiger partial charge in [0.25, 0.3) is 0 Å². The molecule has 0 atom stereocenters. The van der Waals surface area contributed by atoms with Gasteiger partial charge in [-0.1, -0.05) is 19.3 Å². The van der Waals surface area contributed by atoms with Gasteiger partial charge in [0.05, 0.1) is 13.2 Å². The Hall–Kier alpha value is -0.810. The Morgan fingerprint density at radius 3 is 2.47 bits per heavy atom. The van der Waals surface area contributed by atoms with Crippen LogP contribution in [0.2, 0.25) is 0 Å². The van der Waals surface area contributed by atoms with Gasteiger partial charge < -0.3 is 15.4 Å². The van der Waals surface area contributed by atoms with Crippen molar-refractivity contribution in [2.75, 3.05) is 46.9 Å². The second-order valence-electron chi connectivity index (χ2n) is 5.56. The van der Waals surface area contributed by atoms with Crippen molar-refractivity contribution in [2.24, 2.45) is 4.99 Å². The van der Waals surface area contributed by atoms with Crippen LogP contribution in [0.3, 0.4) is 0 Å². The molecule has 0 aromatic rings. The van der Waals surface area contributed by atoms with E-state index in [0.29, 0.717) is 5.54 Å². The molecule has 0 bridgehead atoms. The minimum Gasteiger partial charge on any atom is -0.379 e. The Morgan fingerprint density at radius 2 is 1.89 bits per heavy atom. The highest BCUT2D eigenvalue weighted by Gasteiger charge is 2.38. The van der Waals surface area contributed by atoms with E-state index in [4.69, 9.17) is 4.74 Å². The van der Waals surface area contributed by atoms with Crippen LogP contribution in [-0.4, -0.2) is 63.3 Å². The first-order chi connectivity index (χ1) is 9.30. The molecule has 2 rings (SSSR count). The lowest BCUT2D eigenvalue weighted by Gasteiger charge is -2.48. The van der Waals surface area contributed by atoms with Crippen molar-refractivity contribution < 1.29 is 4.74 Å². The Kier molecular flexibility index (Phi) is 5.45. The minimum absolute atomic E-state index is 0.300. The summed E-state index contributed by atoms with van der Waals surface area (Å²) in [7, 11) is 3.73. The highest BCUT2D eigenvalue weighted by molar-refractivity contribution is 5.79. The van der Waals surface area contributed by atoms with Crippen LogP contribution in [0.4, 0.5) is 0 Å². The van der Waals surface area contributed by atoms with Gasteiger partial charge in [-0.15, -0.1) is 0 Å². The van der Waals surface area contributed by atoms with E-state index < -0.39 is 0 Å². The van der Waals surface area contributed by atoms with Gasteiger partial charge in [0, 0.05) is 39.3 Å². The molecule has 0 unspecified atom stereocenters. The molecule has 2 N–H and O–H groups in total. The van der Waals surface area contributed by atoms with Crippen LogP contribution in [-0.2, 0) is 4.74 Å². The highest BCUT2D eigenvalue weighted by atomic mass is 16.5. The molecule has 110 valence electrons. The maximum Gasteiger partial charge on any atom is 0.190 e. The first-order valence-electron chi connectivity index (χ1n) is 7.52. The van der Waals surface area contributed by atoms with Gasteiger partial charge in [0.15, 0.2) is 5.96 Å². The Labute approximate surface area is 116 Å². The molecule has 1 aliphatic carbocycles. The first kappa shape index (κ1) is 14.6. The number of ether oxygens (including phenoxy) is 1. The standard InChI is InChI=1S/C14H28N4O/c1-15-13(16-2)17-12-14(6-4-3-5-7-14)18-8-10-19-11-9-18/h3-12H2,1-2H3,(H2,15,16,17). The molecule has 1 aliphatic heterocycles. The van der Waals surface area contributed by atoms with Gasteiger partial charge in [0.1, 0.15) is 0 Å². The van der Waals surface area contributed by atoms with Crippen LogP contribution in [0.5, 0.6) is 0 Å². The fourth-order valence-corrected chi connectivity index (χ4v) is 3.38. The van der Waals surface area contributed by atoms with Crippen molar-refractivity contribution in [1.29, 1.82) is 0 Å².